The average Bonchev–Trinajstić information content (AvgIpc) is 3.28. The van der Waals surface area contributed by atoms with Gasteiger partial charge in [0.15, 0.2) is 0 Å². The molecule has 30 heavy (non-hydrogen) atoms. The molecule has 1 aromatic carbocycles. The highest BCUT2D eigenvalue weighted by Crippen LogP contribution is 2.23. The summed E-state index contributed by atoms with van der Waals surface area (Å²) in [6.07, 6.45) is 2.80. The van der Waals surface area contributed by atoms with Crippen LogP contribution in [-0.4, -0.2) is 44.1 Å². The first kappa shape index (κ1) is 20.6. The van der Waals surface area contributed by atoms with Crippen molar-refractivity contribution in [3.63, 3.8) is 0 Å². The van der Waals surface area contributed by atoms with E-state index in [1.54, 1.807) is 11.3 Å². The molecule has 0 amide bonds. The summed E-state index contributed by atoms with van der Waals surface area (Å²) in [5.74, 6) is 0.663. The van der Waals surface area contributed by atoms with Gasteiger partial charge in [-0.15, -0.1) is 11.3 Å². The number of aromatic nitrogens is 1. The fraction of sp³-hybridized carbons (Fsp3) is 0.333. The van der Waals surface area contributed by atoms with E-state index in [9.17, 15) is 0 Å². The molecule has 2 aromatic heterocycles. The van der Waals surface area contributed by atoms with Gasteiger partial charge in [0.05, 0.1) is 32.1 Å². The van der Waals surface area contributed by atoms with Crippen LogP contribution in [0.3, 0.4) is 0 Å². The van der Waals surface area contributed by atoms with E-state index in [-0.39, 0.29) is 0 Å². The minimum atomic E-state index is 0.521. The number of anilines is 1. The van der Waals surface area contributed by atoms with E-state index in [1.807, 2.05) is 18.3 Å². The number of morpholine rings is 1. The van der Waals surface area contributed by atoms with E-state index in [1.165, 1.54) is 10.4 Å². The maximum atomic E-state index is 6.02. The summed E-state index contributed by atoms with van der Waals surface area (Å²) in [6.45, 7) is 6.48. The molecule has 156 valence electrons. The standard InChI is InChI=1S/C24H27N3O2S/c1-19-4-2-5-20(14-19)17-25-18-21-15-22(27-8-11-28-12-9-27)16-24(26-21)29-10-7-23-6-3-13-30-23/h2-6,13-17H,7-12,18H2,1H3. The maximum absolute atomic E-state index is 6.02. The van der Waals surface area contributed by atoms with Crippen molar-refractivity contribution in [3.8, 4) is 5.88 Å². The minimum Gasteiger partial charge on any atom is -0.477 e. The van der Waals surface area contributed by atoms with Gasteiger partial charge < -0.3 is 14.4 Å². The van der Waals surface area contributed by atoms with E-state index in [0.29, 0.717) is 19.0 Å². The van der Waals surface area contributed by atoms with Gasteiger partial charge in [0, 0.05) is 42.4 Å². The molecule has 0 unspecified atom stereocenters. The highest BCUT2D eigenvalue weighted by Gasteiger charge is 2.14. The van der Waals surface area contributed by atoms with Crippen LogP contribution in [0.1, 0.15) is 21.7 Å². The number of thiophene rings is 1. The van der Waals surface area contributed by atoms with Gasteiger partial charge in [-0.05, 0) is 30.0 Å². The third-order valence-electron chi connectivity index (χ3n) is 4.93. The molecule has 4 rings (SSSR count). The van der Waals surface area contributed by atoms with Crippen molar-refractivity contribution in [2.75, 3.05) is 37.8 Å². The maximum Gasteiger partial charge on any atom is 0.215 e. The smallest absolute Gasteiger partial charge is 0.215 e. The lowest BCUT2D eigenvalue weighted by molar-refractivity contribution is 0.122. The number of rotatable bonds is 8. The Labute approximate surface area is 182 Å². The van der Waals surface area contributed by atoms with Gasteiger partial charge in [0.1, 0.15) is 0 Å². The van der Waals surface area contributed by atoms with Gasteiger partial charge in [-0.2, -0.15) is 0 Å². The molecule has 1 aliphatic rings. The largest absolute Gasteiger partial charge is 0.477 e. The lowest BCUT2D eigenvalue weighted by atomic mass is 10.1. The van der Waals surface area contributed by atoms with Crippen LogP contribution in [0.25, 0.3) is 0 Å². The third kappa shape index (κ3) is 5.90. The normalized spacial score (nSPS) is 14.4. The van der Waals surface area contributed by atoms with Crippen molar-refractivity contribution >= 4 is 23.2 Å². The lowest BCUT2D eigenvalue weighted by Crippen LogP contribution is -2.36. The van der Waals surface area contributed by atoms with Crippen LogP contribution < -0.4 is 9.64 Å². The number of nitrogens with zero attached hydrogens (tertiary/aromatic N) is 3. The molecule has 3 heterocycles. The Morgan fingerprint density at radius 3 is 2.87 bits per heavy atom. The Morgan fingerprint density at radius 1 is 1.17 bits per heavy atom. The fourth-order valence-corrected chi connectivity index (χ4v) is 4.10. The molecule has 0 bridgehead atoms. The molecule has 1 saturated heterocycles. The predicted molar refractivity (Wildman–Crippen MR) is 123 cm³/mol. The van der Waals surface area contributed by atoms with Gasteiger partial charge >= 0.3 is 0 Å². The Bertz CT molecular complexity index is 966. The molecule has 0 saturated carbocycles. The first-order valence-electron chi connectivity index (χ1n) is 10.3. The van der Waals surface area contributed by atoms with Crippen LogP contribution in [0.15, 0.2) is 58.9 Å². The molecule has 0 radical (unpaired) electrons. The van der Waals surface area contributed by atoms with Crippen molar-refractivity contribution in [1.29, 1.82) is 0 Å². The Hall–Kier alpha value is -2.70. The second kappa shape index (κ2) is 10.4. The summed E-state index contributed by atoms with van der Waals surface area (Å²) < 4.78 is 11.5. The van der Waals surface area contributed by atoms with Crippen molar-refractivity contribution in [1.82, 2.24) is 4.98 Å². The molecule has 3 aromatic rings. The van der Waals surface area contributed by atoms with Gasteiger partial charge in [0.25, 0.3) is 0 Å². The molecule has 5 nitrogen and oxygen atoms in total. The molecular weight excluding hydrogens is 394 g/mol. The number of benzene rings is 1. The van der Waals surface area contributed by atoms with Crippen LogP contribution in [0, 0.1) is 6.92 Å². The monoisotopic (exact) mass is 421 g/mol. The molecule has 0 spiro atoms. The second-order valence-corrected chi connectivity index (χ2v) is 8.35. The number of hydrogen-bond acceptors (Lipinski definition) is 6. The average molecular weight is 422 g/mol. The highest BCUT2D eigenvalue weighted by atomic mass is 32.1. The van der Waals surface area contributed by atoms with E-state index < -0.39 is 0 Å². The molecule has 0 atom stereocenters. The van der Waals surface area contributed by atoms with Crippen molar-refractivity contribution in [2.45, 2.75) is 19.9 Å². The summed E-state index contributed by atoms with van der Waals surface area (Å²) in [6, 6.07) is 16.7. The number of pyridine rings is 1. The zero-order valence-corrected chi connectivity index (χ0v) is 18.1. The number of ether oxygens (including phenoxy) is 2. The van der Waals surface area contributed by atoms with Crippen molar-refractivity contribution in [3.05, 3.63) is 75.6 Å². The minimum absolute atomic E-state index is 0.521. The number of aliphatic imine (C=N–C) groups is 1. The zero-order valence-electron chi connectivity index (χ0n) is 17.3. The second-order valence-electron chi connectivity index (χ2n) is 7.32. The highest BCUT2D eigenvalue weighted by molar-refractivity contribution is 7.09. The van der Waals surface area contributed by atoms with Gasteiger partial charge in [0.2, 0.25) is 5.88 Å². The van der Waals surface area contributed by atoms with Crippen LogP contribution in [0.4, 0.5) is 5.69 Å². The quantitative estimate of drug-likeness (QED) is 0.502. The number of aryl methyl sites for hydroxylation is 1. The summed E-state index contributed by atoms with van der Waals surface area (Å²) in [5.41, 5.74) is 4.37. The molecular formula is C24H27N3O2S. The Morgan fingerprint density at radius 2 is 2.07 bits per heavy atom. The molecule has 1 aliphatic heterocycles. The first-order chi connectivity index (χ1) is 14.8. The zero-order chi connectivity index (χ0) is 20.6. The molecule has 1 fully saturated rings. The first-order valence-corrected chi connectivity index (χ1v) is 11.2. The summed E-state index contributed by atoms with van der Waals surface area (Å²) in [4.78, 5) is 13.0. The van der Waals surface area contributed by atoms with Crippen LogP contribution in [0.5, 0.6) is 5.88 Å². The van der Waals surface area contributed by atoms with E-state index in [0.717, 1.165) is 49.7 Å². The van der Waals surface area contributed by atoms with E-state index in [4.69, 9.17) is 14.5 Å². The number of hydrogen-bond donors (Lipinski definition) is 0. The summed E-state index contributed by atoms with van der Waals surface area (Å²) in [7, 11) is 0. The van der Waals surface area contributed by atoms with Crippen molar-refractivity contribution in [2.24, 2.45) is 4.99 Å². The predicted octanol–water partition coefficient (Wildman–Crippen LogP) is 4.53. The van der Waals surface area contributed by atoms with E-state index in [2.05, 4.69) is 58.6 Å². The molecule has 6 heteroatoms. The SMILES string of the molecule is Cc1cccc(C=NCc2cc(N3CCOCC3)cc(OCCc3cccs3)n2)c1. The molecule has 0 aliphatic carbocycles. The van der Waals surface area contributed by atoms with Crippen LogP contribution >= 0.6 is 11.3 Å². The van der Waals surface area contributed by atoms with Crippen LogP contribution in [-0.2, 0) is 17.7 Å². The van der Waals surface area contributed by atoms with Gasteiger partial charge in [-0.1, -0.05) is 35.9 Å². The Balaban J connectivity index is 1.47. The van der Waals surface area contributed by atoms with Gasteiger partial charge in [-0.25, -0.2) is 4.98 Å². The van der Waals surface area contributed by atoms with Gasteiger partial charge in [-0.3, -0.25) is 4.99 Å². The van der Waals surface area contributed by atoms with E-state index >= 15 is 0 Å². The summed E-state index contributed by atoms with van der Waals surface area (Å²) in [5, 5.41) is 2.09. The Kier molecular flexibility index (Phi) is 7.11. The topological polar surface area (TPSA) is 47.0 Å². The fourth-order valence-electron chi connectivity index (χ4n) is 3.41. The lowest BCUT2D eigenvalue weighted by Gasteiger charge is -2.29. The third-order valence-corrected chi connectivity index (χ3v) is 5.87. The summed E-state index contributed by atoms with van der Waals surface area (Å²) >= 11 is 1.76. The van der Waals surface area contributed by atoms with Crippen molar-refractivity contribution < 1.29 is 9.47 Å². The van der Waals surface area contributed by atoms with Crippen LogP contribution in [0.2, 0.25) is 0 Å². The molecule has 0 N–H and O–H groups in total.